The first-order valence-corrected chi connectivity index (χ1v) is 9.25. The van der Waals surface area contributed by atoms with Crippen molar-refractivity contribution in [3.63, 3.8) is 0 Å². The van der Waals surface area contributed by atoms with Gasteiger partial charge in [-0.25, -0.2) is 10.2 Å². The lowest BCUT2D eigenvalue weighted by Gasteiger charge is -2.32. The minimum Gasteiger partial charge on any atom is -0.477 e. The minimum absolute atomic E-state index is 0.0624. The second kappa shape index (κ2) is 12.3. The second-order valence-electron chi connectivity index (χ2n) is 7.10. The lowest BCUT2D eigenvalue weighted by atomic mass is 10.0. The zero-order valence-electron chi connectivity index (χ0n) is 15.4. The van der Waals surface area contributed by atoms with Crippen molar-refractivity contribution in [3.8, 4) is 0 Å². The van der Waals surface area contributed by atoms with Crippen molar-refractivity contribution < 1.29 is 14.4 Å². The van der Waals surface area contributed by atoms with Crippen LogP contribution in [0.4, 0.5) is 0 Å². The number of guanidine groups is 1. The monoisotopic (exact) mass is 328 g/mol. The Morgan fingerprint density at radius 2 is 1.35 bits per heavy atom. The van der Waals surface area contributed by atoms with E-state index in [1.165, 1.54) is 57.8 Å². The molecule has 1 atom stereocenters. The summed E-state index contributed by atoms with van der Waals surface area (Å²) in [5, 5.41) is 16.9. The summed E-state index contributed by atoms with van der Waals surface area (Å²) < 4.78 is -0.0624. The van der Waals surface area contributed by atoms with Gasteiger partial charge in [0.05, 0.1) is 14.1 Å². The van der Waals surface area contributed by atoms with Gasteiger partial charge < -0.3 is 10.8 Å². The molecule has 0 aliphatic carbocycles. The molecule has 0 saturated heterocycles. The van der Waals surface area contributed by atoms with Crippen LogP contribution >= 0.6 is 0 Å². The fourth-order valence-corrected chi connectivity index (χ4v) is 2.89. The Morgan fingerprint density at radius 1 is 0.957 bits per heavy atom. The molecule has 4 N–H and O–H groups in total. The lowest BCUT2D eigenvalue weighted by Crippen LogP contribution is -2.59. The van der Waals surface area contributed by atoms with Gasteiger partial charge in [-0.15, -0.1) is 0 Å². The predicted octanol–water partition coefficient (Wildman–Crippen LogP) is 4.11. The number of hydrogen-bond donors (Lipinski definition) is 3. The molecular formula is C18H38N3O2+. The van der Waals surface area contributed by atoms with Crippen LogP contribution < -0.4 is 5.73 Å². The smallest absolute Gasteiger partial charge is 0.363 e. The van der Waals surface area contributed by atoms with E-state index in [1.807, 2.05) is 0 Å². The number of carboxylic acids is 1. The molecule has 0 aromatic heterocycles. The van der Waals surface area contributed by atoms with Crippen molar-refractivity contribution in [2.75, 3.05) is 14.1 Å². The van der Waals surface area contributed by atoms with Gasteiger partial charge in [0.1, 0.15) is 0 Å². The summed E-state index contributed by atoms with van der Waals surface area (Å²) in [5.41, 5.74) is 5.53. The summed E-state index contributed by atoms with van der Waals surface area (Å²) in [7, 11) is 3.39. The third-order valence-electron chi connectivity index (χ3n) is 4.77. The molecule has 0 heterocycles. The van der Waals surface area contributed by atoms with Gasteiger partial charge in [0.2, 0.25) is 0 Å². The van der Waals surface area contributed by atoms with Crippen LogP contribution in [-0.2, 0) is 4.79 Å². The Hall–Kier alpha value is -1.10. The molecule has 136 valence electrons. The number of quaternary nitrogens is 1. The van der Waals surface area contributed by atoms with Crippen LogP contribution in [0.1, 0.15) is 84.0 Å². The normalized spacial score (nSPS) is 13.0. The van der Waals surface area contributed by atoms with Gasteiger partial charge in [-0.2, -0.15) is 0 Å². The van der Waals surface area contributed by atoms with Crippen LogP contribution in [0.2, 0.25) is 0 Å². The summed E-state index contributed by atoms with van der Waals surface area (Å²) in [6.45, 7) is 2.24. The molecule has 23 heavy (non-hydrogen) atoms. The van der Waals surface area contributed by atoms with Gasteiger partial charge in [-0.3, -0.25) is 4.48 Å². The number of aliphatic carboxylic acids is 1. The van der Waals surface area contributed by atoms with Gasteiger partial charge in [0.25, 0.3) is 5.96 Å². The predicted molar refractivity (Wildman–Crippen MR) is 96.5 cm³/mol. The van der Waals surface area contributed by atoms with Crippen molar-refractivity contribution in [1.82, 2.24) is 0 Å². The molecule has 1 unspecified atom stereocenters. The Kier molecular flexibility index (Phi) is 11.7. The van der Waals surface area contributed by atoms with Gasteiger partial charge in [0, 0.05) is 6.42 Å². The van der Waals surface area contributed by atoms with Gasteiger partial charge in [-0.05, 0) is 6.42 Å². The number of rotatable bonds is 14. The number of carbonyl (C=O) groups is 1. The van der Waals surface area contributed by atoms with E-state index < -0.39 is 12.0 Å². The highest BCUT2D eigenvalue weighted by Gasteiger charge is 2.37. The maximum Gasteiger partial charge on any atom is 0.363 e. The highest BCUT2D eigenvalue weighted by Crippen LogP contribution is 2.17. The third kappa shape index (κ3) is 9.59. The second-order valence-corrected chi connectivity index (χ2v) is 7.10. The molecule has 0 spiro atoms. The molecule has 0 aliphatic rings. The fourth-order valence-electron chi connectivity index (χ4n) is 2.89. The van der Waals surface area contributed by atoms with Crippen LogP contribution in [-0.4, -0.2) is 41.7 Å². The highest BCUT2D eigenvalue weighted by molar-refractivity contribution is 5.76. The molecule has 5 nitrogen and oxygen atoms in total. The van der Waals surface area contributed by atoms with E-state index in [1.54, 1.807) is 14.1 Å². The Labute approximate surface area is 142 Å². The van der Waals surface area contributed by atoms with E-state index in [0.717, 1.165) is 12.8 Å². The number of unbranched alkanes of at least 4 members (excludes halogenated alkanes) is 10. The zero-order valence-corrected chi connectivity index (χ0v) is 15.4. The van der Waals surface area contributed by atoms with Gasteiger partial charge >= 0.3 is 5.97 Å². The largest absolute Gasteiger partial charge is 0.477 e. The van der Waals surface area contributed by atoms with E-state index >= 15 is 0 Å². The highest BCUT2D eigenvalue weighted by atomic mass is 16.4. The first-order chi connectivity index (χ1) is 10.8. The molecule has 0 bridgehead atoms. The average molecular weight is 329 g/mol. The van der Waals surface area contributed by atoms with Crippen LogP contribution in [0.25, 0.3) is 0 Å². The van der Waals surface area contributed by atoms with Crippen LogP contribution in [0.3, 0.4) is 0 Å². The molecule has 0 aromatic rings. The van der Waals surface area contributed by atoms with E-state index in [4.69, 9.17) is 11.1 Å². The summed E-state index contributed by atoms with van der Waals surface area (Å²) >= 11 is 0. The lowest BCUT2D eigenvalue weighted by molar-refractivity contribution is -0.820. The molecule has 0 aliphatic heterocycles. The molecular weight excluding hydrogens is 290 g/mol. The molecule has 0 radical (unpaired) electrons. The van der Waals surface area contributed by atoms with Crippen molar-refractivity contribution in [1.29, 1.82) is 5.41 Å². The summed E-state index contributed by atoms with van der Waals surface area (Å²) in [5.74, 6) is -0.960. The van der Waals surface area contributed by atoms with Crippen LogP contribution in [0.15, 0.2) is 0 Å². The van der Waals surface area contributed by atoms with Crippen LogP contribution in [0.5, 0.6) is 0 Å². The van der Waals surface area contributed by atoms with Crippen molar-refractivity contribution in [2.45, 2.75) is 90.0 Å². The molecule has 0 saturated carbocycles. The number of nitrogens with zero attached hydrogens (tertiary/aromatic N) is 1. The summed E-state index contributed by atoms with van der Waals surface area (Å²) in [4.78, 5) is 11.4. The molecule has 0 rings (SSSR count). The quantitative estimate of drug-likeness (QED) is 0.194. The number of likely N-dealkylation sites (N-methyl/N-ethyl adjacent to an activating group) is 1. The Morgan fingerprint density at radius 3 is 1.70 bits per heavy atom. The molecule has 5 heteroatoms. The van der Waals surface area contributed by atoms with Gasteiger partial charge in [-0.1, -0.05) is 71.1 Å². The van der Waals surface area contributed by atoms with Crippen molar-refractivity contribution in [2.24, 2.45) is 5.73 Å². The van der Waals surface area contributed by atoms with Crippen LogP contribution in [0, 0.1) is 5.41 Å². The van der Waals surface area contributed by atoms with Crippen molar-refractivity contribution >= 4 is 11.9 Å². The third-order valence-corrected chi connectivity index (χ3v) is 4.77. The molecule has 0 fully saturated rings. The number of nitrogens with one attached hydrogen (secondary N) is 1. The summed E-state index contributed by atoms with van der Waals surface area (Å²) in [6.07, 6.45) is 14.3. The Balaban J connectivity index is 3.73. The first-order valence-electron chi connectivity index (χ1n) is 9.25. The van der Waals surface area contributed by atoms with E-state index in [9.17, 15) is 9.90 Å². The molecule has 0 aromatic carbocycles. The Bertz CT molecular complexity index is 343. The maximum atomic E-state index is 11.4. The standard InChI is InChI=1S/C18H37N3O2/c1-4-5-6-7-8-9-10-11-12-13-14-15-16(17(22)23)21(2,3)18(19)20/h16H,4-15H2,1-3H3,(H3-,19,20,22,23)/p+1. The summed E-state index contributed by atoms with van der Waals surface area (Å²) in [6, 6.07) is -0.619. The SMILES string of the molecule is CCCCCCCCCCCCCC(C(=O)O)[N+](C)(C)C(=N)N. The first kappa shape index (κ1) is 21.9. The number of carboxylic acid groups (broad SMARTS) is 1. The van der Waals surface area contributed by atoms with Crippen molar-refractivity contribution in [3.05, 3.63) is 0 Å². The molecule has 0 amide bonds. The van der Waals surface area contributed by atoms with Gasteiger partial charge in [0.15, 0.2) is 6.04 Å². The van der Waals surface area contributed by atoms with E-state index in [2.05, 4.69) is 6.92 Å². The number of hydrogen-bond acceptors (Lipinski definition) is 2. The maximum absolute atomic E-state index is 11.4. The fraction of sp³-hybridized carbons (Fsp3) is 0.889. The average Bonchev–Trinajstić information content (AvgIpc) is 2.47. The topological polar surface area (TPSA) is 87.2 Å². The zero-order chi connectivity index (χ0) is 17.7. The minimum atomic E-state index is -0.864. The number of nitrogens with two attached hydrogens (primary N) is 1. The van der Waals surface area contributed by atoms with E-state index in [0.29, 0.717) is 6.42 Å². The van der Waals surface area contributed by atoms with E-state index in [-0.39, 0.29) is 10.4 Å².